The Hall–Kier alpha value is -2.14. The molecular formula is C19H29Cl2N3O10S2. The number of hydrogen-bond donors (Lipinski definition) is 8. The fraction of sp³-hybridized carbons (Fsp3) is 0.474. The summed E-state index contributed by atoms with van der Waals surface area (Å²) in [6.07, 6.45) is -0.171. The van der Waals surface area contributed by atoms with Gasteiger partial charge in [0.2, 0.25) is 5.91 Å². The molecule has 0 aliphatic carbocycles. The molecule has 1 aromatic rings. The van der Waals surface area contributed by atoms with Crippen molar-refractivity contribution >= 4 is 69.4 Å². The Bertz CT molecular complexity index is 963. The highest BCUT2D eigenvalue weighted by atomic mass is 35.5. The van der Waals surface area contributed by atoms with Crippen molar-refractivity contribution in [2.24, 2.45) is 5.73 Å². The van der Waals surface area contributed by atoms with Crippen LogP contribution in [0.15, 0.2) is 29.2 Å². The van der Waals surface area contributed by atoms with Crippen LogP contribution in [0.5, 0.6) is 0 Å². The smallest absolute Gasteiger partial charge is 0.327 e. The SMILES string of the molecule is CC(=O)N[C@@H](CS)C(=O)O.CS(=O)(=O)c1ccc([C@@H](O)[C@@H](CO)NC(=O)C(Cl)Cl)cc1.NCC(=O)O. The zero-order valence-corrected chi connectivity index (χ0v) is 22.4. The number of thiol groups is 1. The number of aliphatic hydroxyl groups is 2. The molecule has 1 aromatic carbocycles. The van der Waals surface area contributed by atoms with Gasteiger partial charge < -0.3 is 36.8 Å². The molecule has 0 fully saturated rings. The number of aliphatic carboxylic acids is 2. The van der Waals surface area contributed by atoms with Crippen LogP contribution in [0.2, 0.25) is 0 Å². The number of carbonyl (C=O) groups excluding carboxylic acids is 2. The number of carboxylic acid groups (broad SMARTS) is 2. The molecule has 0 aliphatic heterocycles. The summed E-state index contributed by atoms with van der Waals surface area (Å²) in [4.78, 5) is 39.9. The van der Waals surface area contributed by atoms with Gasteiger partial charge in [0, 0.05) is 18.9 Å². The van der Waals surface area contributed by atoms with E-state index in [9.17, 15) is 37.8 Å². The van der Waals surface area contributed by atoms with Crippen LogP contribution in [-0.4, -0.2) is 94.7 Å². The number of halogens is 2. The Morgan fingerprint density at radius 2 is 1.56 bits per heavy atom. The topological polar surface area (TPSA) is 233 Å². The first-order valence-corrected chi connectivity index (χ1v) is 13.1. The largest absolute Gasteiger partial charge is 0.480 e. The second-order valence-electron chi connectivity index (χ2n) is 6.76. The van der Waals surface area contributed by atoms with Gasteiger partial charge in [-0.1, -0.05) is 35.3 Å². The van der Waals surface area contributed by atoms with E-state index in [1.54, 1.807) is 0 Å². The molecule has 0 aromatic heterocycles. The third-order valence-electron chi connectivity index (χ3n) is 3.79. The van der Waals surface area contributed by atoms with E-state index in [0.29, 0.717) is 5.56 Å². The molecule has 13 nitrogen and oxygen atoms in total. The van der Waals surface area contributed by atoms with Crippen LogP contribution in [0, 0.1) is 0 Å². The van der Waals surface area contributed by atoms with Gasteiger partial charge in [-0.25, -0.2) is 13.2 Å². The van der Waals surface area contributed by atoms with Gasteiger partial charge in [0.15, 0.2) is 14.7 Å². The monoisotopic (exact) mass is 593 g/mol. The maximum Gasteiger partial charge on any atom is 0.327 e. The summed E-state index contributed by atoms with van der Waals surface area (Å²) in [7, 11) is -3.34. The normalized spacial score (nSPS) is 13.0. The van der Waals surface area contributed by atoms with Crippen molar-refractivity contribution in [2.45, 2.75) is 34.8 Å². The molecule has 36 heavy (non-hydrogen) atoms. The molecule has 0 saturated heterocycles. The molecular weight excluding hydrogens is 565 g/mol. The van der Waals surface area contributed by atoms with E-state index in [1.165, 1.54) is 31.2 Å². The zero-order chi connectivity index (χ0) is 28.6. The molecule has 0 saturated carbocycles. The number of carboxylic acids is 2. The maximum atomic E-state index is 11.4. The lowest BCUT2D eigenvalue weighted by molar-refractivity contribution is -0.140. The fourth-order valence-electron chi connectivity index (χ4n) is 2.05. The Labute approximate surface area is 223 Å². The van der Waals surface area contributed by atoms with Crippen LogP contribution in [0.3, 0.4) is 0 Å². The van der Waals surface area contributed by atoms with Gasteiger partial charge in [0.1, 0.15) is 12.1 Å². The lowest BCUT2D eigenvalue weighted by Crippen LogP contribution is -2.44. The van der Waals surface area contributed by atoms with Crippen LogP contribution in [0.1, 0.15) is 18.6 Å². The Morgan fingerprint density at radius 1 is 1.08 bits per heavy atom. The predicted octanol–water partition coefficient (Wildman–Crippen LogP) is -1.06. The lowest BCUT2D eigenvalue weighted by atomic mass is 10.0. The van der Waals surface area contributed by atoms with Crippen LogP contribution in [0.25, 0.3) is 0 Å². The number of nitrogens with two attached hydrogens (primary N) is 1. The highest BCUT2D eigenvalue weighted by molar-refractivity contribution is 7.90. The highest BCUT2D eigenvalue weighted by Gasteiger charge is 2.24. The number of aliphatic hydroxyl groups excluding tert-OH is 2. The molecule has 0 bridgehead atoms. The molecule has 17 heteroatoms. The quantitative estimate of drug-likeness (QED) is 0.120. The van der Waals surface area contributed by atoms with Crippen LogP contribution in [-0.2, 0) is 29.0 Å². The number of nitrogens with one attached hydrogen (secondary N) is 2. The first kappa shape index (κ1) is 36.0. The van der Waals surface area contributed by atoms with Crippen LogP contribution >= 0.6 is 35.8 Å². The lowest BCUT2D eigenvalue weighted by Gasteiger charge is -2.23. The van der Waals surface area contributed by atoms with E-state index in [0.717, 1.165) is 6.26 Å². The molecule has 0 aliphatic rings. The molecule has 1 rings (SSSR count). The predicted molar refractivity (Wildman–Crippen MR) is 135 cm³/mol. The van der Waals surface area contributed by atoms with Gasteiger partial charge in [-0.15, -0.1) is 0 Å². The van der Waals surface area contributed by atoms with Crippen molar-refractivity contribution in [1.82, 2.24) is 10.6 Å². The zero-order valence-electron chi connectivity index (χ0n) is 19.2. The molecule has 0 heterocycles. The third kappa shape index (κ3) is 15.8. The minimum Gasteiger partial charge on any atom is -0.480 e. The Morgan fingerprint density at radius 3 is 1.81 bits per heavy atom. The van der Waals surface area contributed by atoms with Crippen molar-refractivity contribution in [3.63, 3.8) is 0 Å². The number of benzene rings is 1. The molecule has 206 valence electrons. The van der Waals surface area contributed by atoms with E-state index >= 15 is 0 Å². The average Bonchev–Trinajstić information content (AvgIpc) is 2.80. The van der Waals surface area contributed by atoms with Gasteiger partial charge in [0.05, 0.1) is 24.1 Å². The minimum atomic E-state index is -3.34. The minimum absolute atomic E-state index is 0.101. The van der Waals surface area contributed by atoms with Gasteiger partial charge in [0.25, 0.3) is 5.91 Å². The van der Waals surface area contributed by atoms with Gasteiger partial charge >= 0.3 is 11.9 Å². The molecule has 0 spiro atoms. The van der Waals surface area contributed by atoms with E-state index in [4.69, 9.17) is 33.4 Å². The number of amides is 2. The first-order valence-electron chi connectivity index (χ1n) is 9.71. The Kier molecular flexibility index (Phi) is 18.2. The third-order valence-corrected chi connectivity index (χ3v) is 5.68. The summed E-state index contributed by atoms with van der Waals surface area (Å²) in [6.45, 7) is 0.445. The molecule has 8 N–H and O–H groups in total. The summed E-state index contributed by atoms with van der Waals surface area (Å²) in [6, 6.07) is 3.57. The second kappa shape index (κ2) is 18.2. The summed E-state index contributed by atoms with van der Waals surface area (Å²) in [5.74, 6) is -3.03. The second-order valence-corrected chi connectivity index (χ2v) is 10.2. The van der Waals surface area contributed by atoms with Crippen LogP contribution in [0.4, 0.5) is 0 Å². The molecule has 2 amide bonds. The van der Waals surface area contributed by atoms with Crippen LogP contribution < -0.4 is 16.4 Å². The van der Waals surface area contributed by atoms with E-state index in [2.05, 4.69) is 29.0 Å². The van der Waals surface area contributed by atoms with Crippen molar-refractivity contribution in [3.05, 3.63) is 29.8 Å². The van der Waals surface area contributed by atoms with Crippen molar-refractivity contribution in [3.8, 4) is 0 Å². The number of rotatable bonds is 10. The van der Waals surface area contributed by atoms with E-state index in [-0.39, 0.29) is 23.1 Å². The first-order chi connectivity index (χ1) is 16.5. The van der Waals surface area contributed by atoms with Gasteiger partial charge in [-0.3, -0.25) is 14.4 Å². The van der Waals surface area contributed by atoms with Crippen molar-refractivity contribution < 1.29 is 48.0 Å². The number of hydrogen-bond acceptors (Lipinski definition) is 10. The maximum absolute atomic E-state index is 11.4. The standard InChI is InChI=1S/C12H15Cl2NO5S.C5H9NO3S.C2H5NO2/c1-21(19,20)8-4-2-7(3-5-8)10(17)9(6-16)15-12(18)11(13)14;1-3(7)6-4(2-10)5(8)9;3-1-2(4)5/h2-5,9-11,16-17H,6H2,1H3,(H,15,18);4,10H,2H2,1H3,(H,6,7)(H,8,9);1,3H2,(H,4,5)/t9-,10-;4-;/m10./s1. The summed E-state index contributed by atoms with van der Waals surface area (Å²) < 4.78 is 22.7. The van der Waals surface area contributed by atoms with Crippen molar-refractivity contribution in [1.29, 1.82) is 0 Å². The Balaban J connectivity index is 0. The highest BCUT2D eigenvalue weighted by Crippen LogP contribution is 2.20. The summed E-state index contributed by atoms with van der Waals surface area (Å²) >= 11 is 14.5. The molecule has 0 radical (unpaired) electrons. The fourth-order valence-corrected chi connectivity index (χ4v) is 3.05. The van der Waals surface area contributed by atoms with Crippen molar-refractivity contribution in [2.75, 3.05) is 25.2 Å². The van der Waals surface area contributed by atoms with Gasteiger partial charge in [-0.05, 0) is 17.7 Å². The summed E-state index contributed by atoms with van der Waals surface area (Å²) in [5.41, 5.74) is 4.91. The number of alkyl halides is 2. The summed E-state index contributed by atoms with van der Waals surface area (Å²) in [5, 5.41) is 39.8. The van der Waals surface area contributed by atoms with Gasteiger partial charge in [-0.2, -0.15) is 12.6 Å². The average molecular weight is 594 g/mol. The number of carbonyl (C=O) groups is 4. The number of sulfone groups is 1. The molecule has 0 unspecified atom stereocenters. The molecule has 3 atom stereocenters. The van der Waals surface area contributed by atoms with E-state index in [1.807, 2.05) is 0 Å². The van der Waals surface area contributed by atoms with E-state index < -0.39 is 57.3 Å².